The highest BCUT2D eigenvalue weighted by Crippen LogP contribution is 2.37. The van der Waals surface area contributed by atoms with Crippen LogP contribution in [0, 0.1) is 11.3 Å². The number of benzene rings is 1. The molecule has 0 saturated heterocycles. The minimum absolute atomic E-state index is 0.221. The van der Waals surface area contributed by atoms with Crippen molar-refractivity contribution in [2.24, 2.45) is 11.3 Å². The summed E-state index contributed by atoms with van der Waals surface area (Å²) in [6.45, 7) is 6.93. The highest BCUT2D eigenvalue weighted by molar-refractivity contribution is 7.80. The van der Waals surface area contributed by atoms with Gasteiger partial charge in [0.1, 0.15) is 5.75 Å². The number of rotatable bonds is 4. The lowest BCUT2D eigenvalue weighted by molar-refractivity contribution is -0.115. The Bertz CT molecular complexity index is 639. The quantitative estimate of drug-likeness (QED) is 0.609. The van der Waals surface area contributed by atoms with Crippen LogP contribution in [0.25, 0.3) is 6.08 Å². The average Bonchev–Trinajstić information content (AvgIpc) is 2.60. The number of thiocarbonyl (C=S) groups is 1. The summed E-state index contributed by atoms with van der Waals surface area (Å²) in [5, 5.41) is 6.43. The van der Waals surface area contributed by atoms with Crippen LogP contribution in [0.15, 0.2) is 30.3 Å². The van der Waals surface area contributed by atoms with E-state index in [4.69, 9.17) is 17.0 Å². The third-order valence-electron chi connectivity index (χ3n) is 5.07. The molecule has 2 N–H and O–H groups in total. The summed E-state index contributed by atoms with van der Waals surface area (Å²) >= 11 is 5.28. The van der Waals surface area contributed by atoms with Gasteiger partial charge in [0.05, 0.1) is 7.11 Å². The molecular formula is C21H30N2O2S. The molecule has 142 valence electrons. The molecule has 1 aromatic rings. The van der Waals surface area contributed by atoms with Crippen molar-refractivity contribution in [1.29, 1.82) is 0 Å². The highest BCUT2D eigenvalue weighted by Gasteiger charge is 2.29. The summed E-state index contributed by atoms with van der Waals surface area (Å²) in [5.41, 5.74) is 1.30. The largest absolute Gasteiger partial charge is 0.497 e. The lowest BCUT2D eigenvalue weighted by Crippen LogP contribution is -2.45. The van der Waals surface area contributed by atoms with E-state index < -0.39 is 0 Å². The standard InChI is InChI=1S/C21H30N2O2S/c1-21(2,3)16-8-10-17(11-9-16)22-20(26)23-19(24)14-7-15-5-12-18(25-4)13-6-15/h5-7,12-14,16-17H,8-11H2,1-4H3,(H2,22,23,24,26)/b14-7+. The first-order valence-electron chi connectivity index (χ1n) is 9.21. The number of hydrogen-bond acceptors (Lipinski definition) is 3. The number of ether oxygens (including phenoxy) is 1. The van der Waals surface area contributed by atoms with Gasteiger partial charge in [-0.2, -0.15) is 0 Å². The van der Waals surface area contributed by atoms with E-state index >= 15 is 0 Å². The van der Waals surface area contributed by atoms with Gasteiger partial charge in [0.15, 0.2) is 5.11 Å². The molecular weight excluding hydrogens is 344 g/mol. The van der Waals surface area contributed by atoms with E-state index in [1.54, 1.807) is 13.2 Å². The molecule has 26 heavy (non-hydrogen) atoms. The Kier molecular flexibility index (Phi) is 7.21. The molecule has 0 aliphatic heterocycles. The summed E-state index contributed by atoms with van der Waals surface area (Å²) in [5.74, 6) is 1.33. The first kappa shape index (κ1) is 20.4. The highest BCUT2D eigenvalue weighted by atomic mass is 32.1. The third kappa shape index (κ3) is 6.45. The maximum absolute atomic E-state index is 12.0. The van der Waals surface area contributed by atoms with Crippen LogP contribution in [0.2, 0.25) is 0 Å². The van der Waals surface area contributed by atoms with Crippen LogP contribution >= 0.6 is 12.2 Å². The monoisotopic (exact) mass is 374 g/mol. The smallest absolute Gasteiger partial charge is 0.250 e. The molecule has 2 rings (SSSR count). The molecule has 0 bridgehead atoms. The molecule has 0 heterocycles. The second kappa shape index (κ2) is 9.17. The van der Waals surface area contributed by atoms with Gasteiger partial charge in [0.25, 0.3) is 0 Å². The van der Waals surface area contributed by atoms with Crippen LogP contribution in [0.5, 0.6) is 5.75 Å². The third-order valence-corrected chi connectivity index (χ3v) is 5.29. The SMILES string of the molecule is COc1ccc(/C=C/C(=O)NC(=S)NC2CCC(C(C)(C)C)CC2)cc1. The van der Waals surface area contributed by atoms with Crippen molar-refractivity contribution < 1.29 is 9.53 Å². The van der Waals surface area contributed by atoms with Gasteiger partial charge in [0, 0.05) is 12.1 Å². The molecule has 5 heteroatoms. The predicted octanol–water partition coefficient (Wildman–Crippen LogP) is 4.30. The van der Waals surface area contributed by atoms with E-state index in [1.165, 1.54) is 18.9 Å². The fraction of sp³-hybridized carbons (Fsp3) is 0.524. The van der Waals surface area contributed by atoms with Gasteiger partial charge in [-0.3, -0.25) is 10.1 Å². The van der Waals surface area contributed by atoms with Crippen molar-refractivity contribution >= 4 is 29.3 Å². The first-order valence-corrected chi connectivity index (χ1v) is 9.62. The molecule has 1 aromatic carbocycles. The topological polar surface area (TPSA) is 50.4 Å². The Hall–Kier alpha value is -1.88. The molecule has 0 spiro atoms. The van der Waals surface area contributed by atoms with Crippen LogP contribution in [-0.4, -0.2) is 24.2 Å². The first-order chi connectivity index (χ1) is 12.3. The van der Waals surface area contributed by atoms with Gasteiger partial charge in [-0.25, -0.2) is 0 Å². The second-order valence-electron chi connectivity index (χ2n) is 7.98. The van der Waals surface area contributed by atoms with Crippen molar-refractivity contribution in [3.63, 3.8) is 0 Å². The lowest BCUT2D eigenvalue weighted by Gasteiger charge is -2.37. The van der Waals surface area contributed by atoms with E-state index in [-0.39, 0.29) is 5.91 Å². The Morgan fingerprint density at radius 3 is 2.31 bits per heavy atom. The van der Waals surface area contributed by atoms with E-state index in [1.807, 2.05) is 24.3 Å². The average molecular weight is 375 g/mol. The zero-order chi connectivity index (χ0) is 19.2. The van der Waals surface area contributed by atoms with E-state index in [0.29, 0.717) is 16.6 Å². The Balaban J connectivity index is 1.75. The molecule has 0 aromatic heterocycles. The van der Waals surface area contributed by atoms with E-state index in [0.717, 1.165) is 30.1 Å². The lowest BCUT2D eigenvalue weighted by atomic mass is 9.71. The van der Waals surface area contributed by atoms with Gasteiger partial charge in [-0.05, 0) is 73.0 Å². The van der Waals surface area contributed by atoms with Gasteiger partial charge < -0.3 is 10.1 Å². The Morgan fingerprint density at radius 2 is 1.77 bits per heavy atom. The molecule has 1 amide bonds. The van der Waals surface area contributed by atoms with Crippen molar-refractivity contribution in [2.45, 2.75) is 52.5 Å². The van der Waals surface area contributed by atoms with Crippen molar-refractivity contribution in [2.75, 3.05) is 7.11 Å². The van der Waals surface area contributed by atoms with Crippen molar-refractivity contribution in [3.05, 3.63) is 35.9 Å². The van der Waals surface area contributed by atoms with Crippen molar-refractivity contribution in [3.8, 4) is 5.75 Å². The number of amides is 1. The number of methoxy groups -OCH3 is 1. The zero-order valence-electron chi connectivity index (χ0n) is 16.2. The molecule has 4 nitrogen and oxygen atoms in total. The minimum Gasteiger partial charge on any atom is -0.497 e. The Labute approximate surface area is 162 Å². The maximum Gasteiger partial charge on any atom is 0.250 e. The van der Waals surface area contributed by atoms with E-state index in [9.17, 15) is 4.79 Å². The summed E-state index contributed by atoms with van der Waals surface area (Å²) in [6.07, 6.45) is 7.85. The number of nitrogens with one attached hydrogen (secondary N) is 2. The fourth-order valence-corrected chi connectivity index (χ4v) is 3.63. The van der Waals surface area contributed by atoms with Crippen LogP contribution in [0.1, 0.15) is 52.0 Å². The molecule has 1 fully saturated rings. The number of carbonyl (C=O) groups excluding carboxylic acids is 1. The molecule has 0 unspecified atom stereocenters. The predicted molar refractivity (Wildman–Crippen MR) is 111 cm³/mol. The van der Waals surface area contributed by atoms with Crippen LogP contribution < -0.4 is 15.4 Å². The van der Waals surface area contributed by atoms with Crippen LogP contribution in [0.3, 0.4) is 0 Å². The summed E-state index contributed by atoms with van der Waals surface area (Å²) in [6, 6.07) is 7.86. The second-order valence-corrected chi connectivity index (χ2v) is 8.39. The maximum atomic E-state index is 12.0. The van der Waals surface area contributed by atoms with Gasteiger partial charge in [-0.15, -0.1) is 0 Å². The minimum atomic E-state index is -0.221. The van der Waals surface area contributed by atoms with Gasteiger partial charge >= 0.3 is 0 Å². The molecule has 1 aliphatic rings. The number of hydrogen-bond donors (Lipinski definition) is 2. The van der Waals surface area contributed by atoms with E-state index in [2.05, 4.69) is 31.4 Å². The van der Waals surface area contributed by atoms with Crippen molar-refractivity contribution in [1.82, 2.24) is 10.6 Å². The van der Waals surface area contributed by atoms with Crippen LogP contribution in [-0.2, 0) is 4.79 Å². The summed E-state index contributed by atoms with van der Waals surface area (Å²) in [4.78, 5) is 12.0. The summed E-state index contributed by atoms with van der Waals surface area (Å²) < 4.78 is 5.12. The van der Waals surface area contributed by atoms with Gasteiger partial charge in [0.2, 0.25) is 5.91 Å². The Morgan fingerprint density at radius 1 is 1.15 bits per heavy atom. The molecule has 0 radical (unpaired) electrons. The normalized spacial score (nSPS) is 20.6. The summed E-state index contributed by atoms with van der Waals surface area (Å²) in [7, 11) is 1.63. The molecule has 1 saturated carbocycles. The molecule has 0 atom stereocenters. The fourth-order valence-electron chi connectivity index (χ4n) is 3.37. The van der Waals surface area contributed by atoms with Gasteiger partial charge in [-0.1, -0.05) is 32.9 Å². The zero-order valence-corrected chi connectivity index (χ0v) is 17.0. The molecule has 1 aliphatic carbocycles. The number of carbonyl (C=O) groups is 1. The van der Waals surface area contributed by atoms with Crippen LogP contribution in [0.4, 0.5) is 0 Å².